The number of benzene rings is 1. The molecule has 116 valence electrons. The van der Waals surface area contributed by atoms with Crippen molar-refractivity contribution in [3.8, 4) is 5.75 Å². The minimum Gasteiger partial charge on any atom is -0.484 e. The smallest absolute Gasteiger partial charge is 0.416 e. The van der Waals surface area contributed by atoms with Crippen molar-refractivity contribution in [2.24, 2.45) is 0 Å². The van der Waals surface area contributed by atoms with Gasteiger partial charge >= 0.3 is 6.18 Å². The molecular formula is C15H13F3N2O2. The number of pyridine rings is 1. The van der Waals surface area contributed by atoms with Gasteiger partial charge in [0.2, 0.25) is 0 Å². The molecule has 7 heteroatoms. The monoisotopic (exact) mass is 310 g/mol. The first kappa shape index (κ1) is 15.8. The van der Waals surface area contributed by atoms with E-state index >= 15 is 0 Å². The summed E-state index contributed by atoms with van der Waals surface area (Å²) in [6.07, 6.45) is -1.22. The largest absolute Gasteiger partial charge is 0.484 e. The second kappa shape index (κ2) is 6.93. The van der Waals surface area contributed by atoms with Crippen molar-refractivity contribution >= 4 is 5.91 Å². The number of alkyl halides is 3. The van der Waals surface area contributed by atoms with E-state index in [0.29, 0.717) is 0 Å². The fourth-order valence-corrected chi connectivity index (χ4v) is 1.67. The first-order valence-electron chi connectivity index (χ1n) is 6.41. The van der Waals surface area contributed by atoms with Crippen molar-refractivity contribution in [3.05, 3.63) is 59.9 Å². The molecule has 0 saturated heterocycles. The van der Waals surface area contributed by atoms with Crippen LogP contribution in [0, 0.1) is 0 Å². The molecule has 0 unspecified atom stereocenters. The van der Waals surface area contributed by atoms with Crippen LogP contribution in [0.15, 0.2) is 48.8 Å². The molecule has 0 atom stereocenters. The summed E-state index contributed by atoms with van der Waals surface area (Å²) >= 11 is 0. The van der Waals surface area contributed by atoms with Gasteiger partial charge in [0.05, 0.1) is 5.56 Å². The number of nitrogens with zero attached hydrogens (tertiary/aromatic N) is 1. The maximum absolute atomic E-state index is 12.5. The molecule has 1 aromatic carbocycles. The van der Waals surface area contributed by atoms with Gasteiger partial charge in [-0.05, 0) is 29.8 Å². The second-order valence-corrected chi connectivity index (χ2v) is 4.45. The Kier molecular flexibility index (Phi) is 4.98. The Balaban J connectivity index is 1.84. The summed E-state index contributed by atoms with van der Waals surface area (Å²) in [5.74, 6) is -0.437. The molecule has 0 radical (unpaired) electrons. The molecule has 0 aliphatic carbocycles. The van der Waals surface area contributed by atoms with Crippen molar-refractivity contribution < 1.29 is 22.7 Å². The van der Waals surface area contributed by atoms with E-state index in [-0.39, 0.29) is 18.9 Å². The molecular weight excluding hydrogens is 297 g/mol. The van der Waals surface area contributed by atoms with Crippen LogP contribution in [0.3, 0.4) is 0 Å². The summed E-state index contributed by atoms with van der Waals surface area (Å²) in [5.41, 5.74) is -0.00399. The highest BCUT2D eigenvalue weighted by Crippen LogP contribution is 2.31. The SMILES string of the molecule is O=C(COc1cccc(C(F)(F)F)c1)NCc1cccnc1. The summed E-state index contributed by atoms with van der Waals surface area (Å²) < 4.78 is 42.7. The van der Waals surface area contributed by atoms with Crippen molar-refractivity contribution in [3.63, 3.8) is 0 Å². The molecule has 22 heavy (non-hydrogen) atoms. The lowest BCUT2D eigenvalue weighted by molar-refractivity contribution is -0.137. The molecule has 2 rings (SSSR count). The van der Waals surface area contributed by atoms with Crippen molar-refractivity contribution in [1.29, 1.82) is 0 Å². The van der Waals surface area contributed by atoms with Gasteiger partial charge in [-0.1, -0.05) is 12.1 Å². The number of ether oxygens (including phenoxy) is 1. The van der Waals surface area contributed by atoms with E-state index in [9.17, 15) is 18.0 Å². The number of hydrogen-bond acceptors (Lipinski definition) is 3. The Labute approximate surface area is 124 Å². The van der Waals surface area contributed by atoms with Crippen molar-refractivity contribution in [2.45, 2.75) is 12.7 Å². The summed E-state index contributed by atoms with van der Waals surface area (Å²) in [6, 6.07) is 7.92. The molecule has 0 fully saturated rings. The molecule has 2 aromatic rings. The Hall–Kier alpha value is -2.57. The van der Waals surface area contributed by atoms with Crippen LogP contribution < -0.4 is 10.1 Å². The number of rotatable bonds is 5. The van der Waals surface area contributed by atoms with Crippen molar-refractivity contribution in [1.82, 2.24) is 10.3 Å². The molecule has 0 bridgehead atoms. The standard InChI is InChI=1S/C15H13F3N2O2/c16-15(17,18)12-4-1-5-13(7-12)22-10-14(21)20-9-11-3-2-6-19-8-11/h1-8H,9-10H2,(H,20,21). The lowest BCUT2D eigenvalue weighted by Crippen LogP contribution is -2.28. The van der Waals surface area contributed by atoms with Gasteiger partial charge in [-0.15, -0.1) is 0 Å². The number of carbonyl (C=O) groups is 1. The van der Waals surface area contributed by atoms with Crippen LogP contribution in [0.2, 0.25) is 0 Å². The minimum atomic E-state index is -4.44. The van der Waals surface area contributed by atoms with Gasteiger partial charge in [-0.3, -0.25) is 9.78 Å². The number of hydrogen-bond donors (Lipinski definition) is 1. The number of halogens is 3. The van der Waals surface area contributed by atoms with E-state index in [4.69, 9.17) is 4.74 Å². The molecule has 0 spiro atoms. The maximum Gasteiger partial charge on any atom is 0.416 e. The summed E-state index contributed by atoms with van der Waals surface area (Å²) in [5, 5.41) is 2.59. The fraction of sp³-hybridized carbons (Fsp3) is 0.200. The molecule has 4 nitrogen and oxygen atoms in total. The average Bonchev–Trinajstić information content (AvgIpc) is 2.51. The maximum atomic E-state index is 12.5. The quantitative estimate of drug-likeness (QED) is 0.924. The van der Waals surface area contributed by atoms with Gasteiger partial charge in [-0.2, -0.15) is 13.2 Å². The second-order valence-electron chi connectivity index (χ2n) is 4.45. The predicted molar refractivity (Wildman–Crippen MR) is 73.0 cm³/mol. The topological polar surface area (TPSA) is 51.2 Å². The molecule has 1 amide bonds. The number of amides is 1. The zero-order valence-electron chi connectivity index (χ0n) is 11.4. The zero-order chi connectivity index (χ0) is 16.0. The number of aromatic nitrogens is 1. The molecule has 1 aromatic heterocycles. The van der Waals surface area contributed by atoms with Gasteiger partial charge in [0.25, 0.3) is 5.91 Å². The van der Waals surface area contributed by atoms with E-state index in [0.717, 1.165) is 17.7 Å². The lowest BCUT2D eigenvalue weighted by atomic mass is 10.2. The first-order chi connectivity index (χ1) is 10.4. The Morgan fingerprint density at radius 1 is 1.23 bits per heavy atom. The average molecular weight is 310 g/mol. The molecule has 0 saturated carbocycles. The van der Waals surface area contributed by atoms with Crippen LogP contribution in [0.5, 0.6) is 5.75 Å². The van der Waals surface area contributed by atoms with E-state index in [1.54, 1.807) is 24.5 Å². The third-order valence-corrected chi connectivity index (χ3v) is 2.74. The molecule has 1 heterocycles. The zero-order valence-corrected chi connectivity index (χ0v) is 11.4. The lowest BCUT2D eigenvalue weighted by Gasteiger charge is -2.10. The third kappa shape index (κ3) is 4.76. The highest BCUT2D eigenvalue weighted by Gasteiger charge is 2.30. The summed E-state index contributed by atoms with van der Waals surface area (Å²) in [6.45, 7) is -0.0831. The Bertz CT molecular complexity index is 630. The van der Waals surface area contributed by atoms with Gasteiger partial charge in [0.1, 0.15) is 5.75 Å². The number of carbonyl (C=O) groups excluding carboxylic acids is 1. The van der Waals surface area contributed by atoms with E-state index in [2.05, 4.69) is 10.3 Å². The highest BCUT2D eigenvalue weighted by molar-refractivity contribution is 5.77. The van der Waals surface area contributed by atoms with Crippen molar-refractivity contribution in [2.75, 3.05) is 6.61 Å². The molecule has 1 N–H and O–H groups in total. The van der Waals surface area contributed by atoms with Gasteiger partial charge in [0.15, 0.2) is 6.61 Å². The van der Waals surface area contributed by atoms with Crippen LogP contribution >= 0.6 is 0 Å². The third-order valence-electron chi connectivity index (χ3n) is 2.74. The fourth-order valence-electron chi connectivity index (χ4n) is 1.67. The van der Waals surface area contributed by atoms with Gasteiger partial charge in [0, 0.05) is 18.9 Å². The van der Waals surface area contributed by atoms with Crippen LogP contribution in [0.1, 0.15) is 11.1 Å². The van der Waals surface area contributed by atoms with E-state index in [1.807, 2.05) is 0 Å². The minimum absolute atomic E-state index is 0.00801. The highest BCUT2D eigenvalue weighted by atomic mass is 19.4. The Morgan fingerprint density at radius 2 is 2.05 bits per heavy atom. The molecule has 0 aliphatic heterocycles. The van der Waals surface area contributed by atoms with Crippen LogP contribution in [-0.2, 0) is 17.5 Å². The van der Waals surface area contributed by atoms with Crippen LogP contribution in [0.4, 0.5) is 13.2 Å². The van der Waals surface area contributed by atoms with Gasteiger partial charge in [-0.25, -0.2) is 0 Å². The van der Waals surface area contributed by atoms with Crippen LogP contribution in [0.25, 0.3) is 0 Å². The summed E-state index contributed by atoms with van der Waals surface area (Å²) in [4.78, 5) is 15.5. The first-order valence-corrected chi connectivity index (χ1v) is 6.41. The van der Waals surface area contributed by atoms with E-state index < -0.39 is 17.6 Å². The summed E-state index contributed by atoms with van der Waals surface area (Å²) in [7, 11) is 0. The van der Waals surface area contributed by atoms with E-state index in [1.165, 1.54) is 12.1 Å². The molecule has 0 aliphatic rings. The Morgan fingerprint density at radius 3 is 2.73 bits per heavy atom. The normalized spacial score (nSPS) is 11.0. The number of nitrogens with one attached hydrogen (secondary N) is 1. The predicted octanol–water partition coefficient (Wildman–Crippen LogP) is 2.80. The van der Waals surface area contributed by atoms with Gasteiger partial charge < -0.3 is 10.1 Å². The van der Waals surface area contributed by atoms with Crippen LogP contribution in [-0.4, -0.2) is 17.5 Å².